The van der Waals surface area contributed by atoms with Crippen molar-refractivity contribution in [2.45, 2.75) is 6.42 Å². The minimum atomic E-state index is -3.37. The Bertz CT molecular complexity index is 706. The summed E-state index contributed by atoms with van der Waals surface area (Å²) in [5.41, 5.74) is 1.60. The number of rotatable bonds is 9. The van der Waals surface area contributed by atoms with Crippen LogP contribution in [-0.2, 0) is 20.0 Å². The molecule has 0 spiro atoms. The number of hydrogen-bond acceptors (Lipinski definition) is 5. The molecule has 0 amide bonds. The lowest BCUT2D eigenvalue weighted by Crippen LogP contribution is -2.09. The Morgan fingerprint density at radius 2 is 1.71 bits per heavy atom. The van der Waals surface area contributed by atoms with Crippen molar-refractivity contribution in [3.05, 3.63) is 65.7 Å². The zero-order valence-electron chi connectivity index (χ0n) is 13.8. The van der Waals surface area contributed by atoms with Gasteiger partial charge in [0.25, 0.3) is 0 Å². The Kier molecular flexibility index (Phi) is 6.73. The van der Waals surface area contributed by atoms with E-state index >= 15 is 0 Å². The first-order chi connectivity index (χ1) is 11.6. The molecule has 0 fully saturated rings. The van der Waals surface area contributed by atoms with Gasteiger partial charge in [-0.1, -0.05) is 42.5 Å². The largest absolute Gasteiger partial charge is 0.493 e. The summed E-state index contributed by atoms with van der Waals surface area (Å²) in [7, 11) is -0.840. The molecule has 2 rings (SSSR count). The summed E-state index contributed by atoms with van der Waals surface area (Å²) in [5, 5.41) is 0. The van der Waals surface area contributed by atoms with Gasteiger partial charge < -0.3 is 13.8 Å². The van der Waals surface area contributed by atoms with Gasteiger partial charge in [-0.05, 0) is 17.7 Å². The molecule has 0 N–H and O–H groups in total. The SMILES string of the molecule is COP(=O)(CC(=O)c1cccc(OCCc2ccccc2)c1)OC. The van der Waals surface area contributed by atoms with Crippen LogP contribution in [0.25, 0.3) is 0 Å². The van der Waals surface area contributed by atoms with Gasteiger partial charge in [-0.25, -0.2) is 0 Å². The maximum absolute atomic E-state index is 12.2. The second-order valence-corrected chi connectivity index (χ2v) is 7.44. The van der Waals surface area contributed by atoms with Crippen molar-refractivity contribution in [1.82, 2.24) is 0 Å². The average Bonchev–Trinajstić information content (AvgIpc) is 2.62. The van der Waals surface area contributed by atoms with E-state index in [4.69, 9.17) is 13.8 Å². The first-order valence-corrected chi connectivity index (χ1v) is 9.29. The first-order valence-electron chi connectivity index (χ1n) is 7.57. The molecule has 0 heterocycles. The lowest BCUT2D eigenvalue weighted by Gasteiger charge is -2.13. The summed E-state index contributed by atoms with van der Waals surface area (Å²) in [5.74, 6) is 0.289. The van der Waals surface area contributed by atoms with Crippen LogP contribution >= 0.6 is 7.60 Å². The van der Waals surface area contributed by atoms with E-state index in [0.717, 1.165) is 6.42 Å². The lowest BCUT2D eigenvalue weighted by atomic mass is 10.1. The van der Waals surface area contributed by atoms with Gasteiger partial charge in [-0.3, -0.25) is 9.36 Å². The van der Waals surface area contributed by atoms with Gasteiger partial charge in [0.15, 0.2) is 5.78 Å². The van der Waals surface area contributed by atoms with Crippen molar-refractivity contribution in [2.75, 3.05) is 27.0 Å². The third-order valence-electron chi connectivity index (χ3n) is 3.55. The molecule has 5 nitrogen and oxygen atoms in total. The molecule has 0 aliphatic rings. The summed E-state index contributed by atoms with van der Waals surface area (Å²) in [6.45, 7) is 0.510. The number of ketones is 1. The number of ether oxygens (including phenoxy) is 1. The molecule has 0 aromatic heterocycles. The van der Waals surface area contributed by atoms with E-state index in [0.29, 0.717) is 17.9 Å². The first kappa shape index (κ1) is 18.4. The van der Waals surface area contributed by atoms with Crippen molar-refractivity contribution in [1.29, 1.82) is 0 Å². The quantitative estimate of drug-likeness (QED) is 0.507. The smallest absolute Gasteiger partial charge is 0.337 e. The fourth-order valence-corrected chi connectivity index (χ4v) is 3.10. The molecular formula is C18H21O5P. The second kappa shape index (κ2) is 8.78. The summed E-state index contributed by atoms with van der Waals surface area (Å²) < 4.78 is 27.4. The summed E-state index contributed by atoms with van der Waals surface area (Å²) in [6.07, 6.45) is 0.481. The van der Waals surface area contributed by atoms with Crippen LogP contribution in [0.2, 0.25) is 0 Å². The number of carbonyl (C=O) groups excluding carboxylic acids is 1. The minimum Gasteiger partial charge on any atom is -0.493 e. The molecule has 2 aromatic carbocycles. The highest BCUT2D eigenvalue weighted by molar-refractivity contribution is 7.54. The average molecular weight is 348 g/mol. The van der Waals surface area contributed by atoms with Crippen molar-refractivity contribution in [3.8, 4) is 5.75 Å². The van der Waals surface area contributed by atoms with Gasteiger partial charge in [0.05, 0.1) is 6.61 Å². The second-order valence-electron chi connectivity index (χ2n) is 5.17. The van der Waals surface area contributed by atoms with E-state index < -0.39 is 7.60 Å². The van der Waals surface area contributed by atoms with Crippen LogP contribution in [0, 0.1) is 0 Å². The Morgan fingerprint density at radius 1 is 1.00 bits per heavy atom. The molecule has 0 atom stereocenters. The van der Waals surface area contributed by atoms with Gasteiger partial charge in [-0.15, -0.1) is 0 Å². The molecule has 2 aromatic rings. The van der Waals surface area contributed by atoms with Gasteiger partial charge in [0, 0.05) is 26.2 Å². The van der Waals surface area contributed by atoms with E-state index in [2.05, 4.69) is 0 Å². The van der Waals surface area contributed by atoms with Crippen LogP contribution < -0.4 is 4.74 Å². The predicted octanol–water partition coefficient (Wildman–Crippen LogP) is 3.98. The molecule has 0 saturated heterocycles. The zero-order chi connectivity index (χ0) is 17.4. The fraction of sp³-hybridized carbons (Fsp3) is 0.278. The number of Topliss-reactive ketones (excluding diaryl/α,β-unsaturated/α-hetero) is 1. The number of carbonyl (C=O) groups is 1. The predicted molar refractivity (Wildman–Crippen MR) is 92.9 cm³/mol. The van der Waals surface area contributed by atoms with Crippen LogP contribution in [0.1, 0.15) is 15.9 Å². The molecule has 6 heteroatoms. The molecule has 0 aliphatic carbocycles. The third-order valence-corrected chi connectivity index (χ3v) is 5.34. The van der Waals surface area contributed by atoms with E-state index in [1.54, 1.807) is 24.3 Å². The number of hydrogen-bond donors (Lipinski definition) is 0. The van der Waals surface area contributed by atoms with Gasteiger partial charge >= 0.3 is 7.60 Å². The Labute approximate surface area is 142 Å². The van der Waals surface area contributed by atoms with Gasteiger partial charge in [0.1, 0.15) is 11.9 Å². The van der Waals surface area contributed by atoms with Crippen LogP contribution in [0.15, 0.2) is 54.6 Å². The lowest BCUT2D eigenvalue weighted by molar-refractivity contribution is 0.101. The molecule has 0 radical (unpaired) electrons. The normalized spacial score (nSPS) is 11.2. The van der Waals surface area contributed by atoms with E-state index in [9.17, 15) is 9.36 Å². The van der Waals surface area contributed by atoms with E-state index in [-0.39, 0.29) is 11.9 Å². The molecule has 0 aliphatic heterocycles. The maximum atomic E-state index is 12.2. The fourth-order valence-electron chi connectivity index (χ4n) is 2.16. The zero-order valence-corrected chi connectivity index (χ0v) is 14.7. The van der Waals surface area contributed by atoms with E-state index in [1.807, 2.05) is 30.3 Å². The minimum absolute atomic E-state index is 0.298. The standard InChI is InChI=1S/C18H21O5P/c1-21-24(20,22-2)14-18(19)16-9-6-10-17(13-16)23-12-11-15-7-4-3-5-8-15/h3-10,13H,11-12,14H2,1-2H3. The summed E-state index contributed by atoms with van der Waals surface area (Å²) in [4.78, 5) is 12.2. The summed E-state index contributed by atoms with van der Waals surface area (Å²) in [6, 6.07) is 16.8. The molecule has 0 saturated carbocycles. The summed E-state index contributed by atoms with van der Waals surface area (Å²) >= 11 is 0. The highest BCUT2D eigenvalue weighted by atomic mass is 31.2. The highest BCUT2D eigenvalue weighted by Gasteiger charge is 2.26. The van der Waals surface area contributed by atoms with Crippen molar-refractivity contribution >= 4 is 13.4 Å². The topological polar surface area (TPSA) is 61.8 Å². The van der Waals surface area contributed by atoms with Crippen molar-refractivity contribution in [3.63, 3.8) is 0 Å². The van der Waals surface area contributed by atoms with Crippen LogP contribution in [0.4, 0.5) is 0 Å². The maximum Gasteiger partial charge on any atom is 0.337 e. The molecule has 0 unspecified atom stereocenters. The number of benzene rings is 2. The molecule has 0 bridgehead atoms. The molecule has 128 valence electrons. The Morgan fingerprint density at radius 3 is 2.38 bits per heavy atom. The Hall–Kier alpha value is -1.94. The van der Waals surface area contributed by atoms with Crippen LogP contribution in [-0.4, -0.2) is 32.8 Å². The van der Waals surface area contributed by atoms with E-state index in [1.165, 1.54) is 19.8 Å². The van der Waals surface area contributed by atoms with Crippen molar-refractivity contribution in [2.24, 2.45) is 0 Å². The highest BCUT2D eigenvalue weighted by Crippen LogP contribution is 2.46. The molecular weight excluding hydrogens is 327 g/mol. The van der Waals surface area contributed by atoms with Crippen LogP contribution in [0.5, 0.6) is 5.75 Å². The van der Waals surface area contributed by atoms with Crippen LogP contribution in [0.3, 0.4) is 0 Å². The van der Waals surface area contributed by atoms with Gasteiger partial charge in [-0.2, -0.15) is 0 Å². The van der Waals surface area contributed by atoms with Gasteiger partial charge in [0.2, 0.25) is 0 Å². The Balaban J connectivity index is 1.95. The monoisotopic (exact) mass is 348 g/mol. The molecule has 24 heavy (non-hydrogen) atoms. The third kappa shape index (κ3) is 5.31. The van der Waals surface area contributed by atoms with Crippen molar-refractivity contribution < 1.29 is 23.1 Å².